The lowest BCUT2D eigenvalue weighted by Gasteiger charge is -2.27. The van der Waals surface area contributed by atoms with E-state index in [1.807, 2.05) is 23.8 Å². The predicted molar refractivity (Wildman–Crippen MR) is 82.8 cm³/mol. The van der Waals surface area contributed by atoms with Crippen LogP contribution in [0, 0.1) is 0 Å². The first-order valence-corrected chi connectivity index (χ1v) is 8.15. The molecule has 0 unspecified atom stereocenters. The van der Waals surface area contributed by atoms with Gasteiger partial charge in [-0.2, -0.15) is 11.3 Å². The zero-order chi connectivity index (χ0) is 15.4. The molecule has 2 heterocycles. The maximum Gasteiger partial charge on any atom is 0.264 e. The van der Waals surface area contributed by atoms with Gasteiger partial charge in [0.05, 0.1) is 12.6 Å². The smallest absolute Gasteiger partial charge is 0.264 e. The first kappa shape index (κ1) is 15.9. The van der Waals surface area contributed by atoms with E-state index in [-0.39, 0.29) is 17.5 Å². The Morgan fingerprint density at radius 3 is 2.71 bits per heavy atom. The van der Waals surface area contributed by atoms with Crippen molar-refractivity contribution in [3.8, 4) is 0 Å². The highest BCUT2D eigenvalue weighted by atomic mass is 32.1. The molecule has 0 aliphatic carbocycles. The van der Waals surface area contributed by atoms with Crippen LogP contribution in [0.25, 0.3) is 0 Å². The quantitative estimate of drug-likeness (QED) is 0.682. The number of nitrogens with zero attached hydrogens (tertiary/aromatic N) is 1. The molecule has 0 saturated heterocycles. The molecule has 21 heavy (non-hydrogen) atoms. The second kappa shape index (κ2) is 6.95. The normalized spacial score (nSPS) is 12.4. The van der Waals surface area contributed by atoms with Gasteiger partial charge in [-0.15, -0.1) is 11.3 Å². The molecule has 112 valence electrons. The van der Waals surface area contributed by atoms with Crippen molar-refractivity contribution >= 4 is 28.6 Å². The molecule has 1 amide bonds. The number of hydrogen-bond acceptors (Lipinski definition) is 3. The van der Waals surface area contributed by atoms with Crippen LogP contribution in [0.1, 0.15) is 35.4 Å². The molecule has 0 bridgehead atoms. The predicted octanol–water partition coefficient (Wildman–Crippen LogP) is 5.02. The van der Waals surface area contributed by atoms with Gasteiger partial charge in [-0.1, -0.05) is 6.58 Å². The van der Waals surface area contributed by atoms with Crippen LogP contribution in [0.5, 0.6) is 0 Å². The Balaban J connectivity index is 2.20. The second-order valence-electron chi connectivity index (χ2n) is 4.55. The minimum atomic E-state index is -2.48. The van der Waals surface area contributed by atoms with E-state index in [1.165, 1.54) is 28.9 Å². The van der Waals surface area contributed by atoms with Crippen LogP contribution in [0.15, 0.2) is 40.9 Å². The third-order valence-electron chi connectivity index (χ3n) is 3.20. The zero-order valence-electron chi connectivity index (χ0n) is 11.5. The molecule has 2 nitrogen and oxygen atoms in total. The van der Waals surface area contributed by atoms with Crippen molar-refractivity contribution in [1.82, 2.24) is 4.90 Å². The SMILES string of the molecule is C=CC(=O)N(Cc1cc(C(F)F)cs1)[C@H](C)c1ccsc1. The fourth-order valence-corrected chi connectivity index (χ4v) is 3.60. The molecule has 2 rings (SSSR count). The molecule has 2 aromatic rings. The minimum absolute atomic E-state index is 0.00388. The Bertz CT molecular complexity index is 607. The number of carbonyl (C=O) groups excluding carboxylic acids is 1. The molecular weight excluding hydrogens is 312 g/mol. The average Bonchev–Trinajstić information content (AvgIpc) is 3.14. The summed E-state index contributed by atoms with van der Waals surface area (Å²) in [6.07, 6.45) is -1.22. The Kier molecular flexibility index (Phi) is 5.25. The average molecular weight is 327 g/mol. The van der Waals surface area contributed by atoms with Crippen molar-refractivity contribution in [2.45, 2.75) is 25.9 Å². The summed E-state index contributed by atoms with van der Waals surface area (Å²) in [5.74, 6) is -0.208. The summed E-state index contributed by atoms with van der Waals surface area (Å²) in [4.78, 5) is 14.4. The van der Waals surface area contributed by atoms with E-state index in [9.17, 15) is 13.6 Å². The van der Waals surface area contributed by atoms with Gasteiger partial charge in [0.1, 0.15) is 0 Å². The fraction of sp³-hybridized carbons (Fsp3) is 0.267. The Labute approximate surface area is 130 Å². The van der Waals surface area contributed by atoms with Gasteiger partial charge in [0.25, 0.3) is 6.43 Å². The third kappa shape index (κ3) is 3.77. The van der Waals surface area contributed by atoms with E-state index < -0.39 is 6.43 Å². The third-order valence-corrected chi connectivity index (χ3v) is 4.84. The lowest BCUT2D eigenvalue weighted by atomic mass is 10.1. The molecule has 0 spiro atoms. The number of rotatable bonds is 6. The number of halogens is 2. The van der Waals surface area contributed by atoms with E-state index in [1.54, 1.807) is 16.2 Å². The molecule has 0 radical (unpaired) electrons. The van der Waals surface area contributed by atoms with E-state index >= 15 is 0 Å². The molecule has 0 N–H and O–H groups in total. The van der Waals surface area contributed by atoms with Crippen molar-refractivity contribution in [2.75, 3.05) is 0 Å². The summed E-state index contributed by atoms with van der Waals surface area (Å²) in [5.41, 5.74) is 1.03. The maximum absolute atomic E-state index is 12.6. The summed E-state index contributed by atoms with van der Waals surface area (Å²) in [5, 5.41) is 5.36. The minimum Gasteiger partial charge on any atom is -0.327 e. The lowest BCUT2D eigenvalue weighted by molar-refractivity contribution is -0.128. The topological polar surface area (TPSA) is 20.3 Å². The summed E-state index contributed by atoms with van der Waals surface area (Å²) in [7, 11) is 0. The first-order valence-electron chi connectivity index (χ1n) is 6.33. The number of alkyl halides is 2. The van der Waals surface area contributed by atoms with Crippen molar-refractivity contribution < 1.29 is 13.6 Å². The fourth-order valence-electron chi connectivity index (χ4n) is 1.98. The Morgan fingerprint density at radius 1 is 1.43 bits per heavy atom. The molecule has 6 heteroatoms. The molecule has 1 atom stereocenters. The van der Waals surface area contributed by atoms with Crippen LogP contribution in [0.3, 0.4) is 0 Å². The molecule has 0 aromatic carbocycles. The second-order valence-corrected chi connectivity index (χ2v) is 6.33. The number of hydrogen-bond donors (Lipinski definition) is 0. The Hall–Kier alpha value is -1.53. The molecule has 0 fully saturated rings. The first-order chi connectivity index (χ1) is 10.0. The highest BCUT2D eigenvalue weighted by Crippen LogP contribution is 2.29. The van der Waals surface area contributed by atoms with Gasteiger partial charge in [0.15, 0.2) is 0 Å². The van der Waals surface area contributed by atoms with E-state index in [0.717, 1.165) is 10.4 Å². The van der Waals surface area contributed by atoms with Crippen LogP contribution in [-0.4, -0.2) is 10.8 Å². The number of amides is 1. The molecule has 0 aliphatic heterocycles. The Morgan fingerprint density at radius 2 is 2.19 bits per heavy atom. The van der Waals surface area contributed by atoms with E-state index in [0.29, 0.717) is 6.54 Å². The molecule has 0 saturated carbocycles. The summed E-state index contributed by atoms with van der Waals surface area (Å²) in [6, 6.07) is 3.29. The lowest BCUT2D eigenvalue weighted by Crippen LogP contribution is -2.31. The van der Waals surface area contributed by atoms with Crippen molar-refractivity contribution in [3.63, 3.8) is 0 Å². The van der Waals surface area contributed by atoms with Crippen LogP contribution >= 0.6 is 22.7 Å². The zero-order valence-corrected chi connectivity index (χ0v) is 13.1. The van der Waals surface area contributed by atoms with Crippen LogP contribution in [0.4, 0.5) is 8.78 Å². The van der Waals surface area contributed by atoms with Crippen LogP contribution < -0.4 is 0 Å². The van der Waals surface area contributed by atoms with Crippen molar-refractivity contribution in [2.24, 2.45) is 0 Å². The van der Waals surface area contributed by atoms with Crippen LogP contribution in [0.2, 0.25) is 0 Å². The highest BCUT2D eigenvalue weighted by molar-refractivity contribution is 7.10. The van der Waals surface area contributed by atoms with Crippen LogP contribution in [-0.2, 0) is 11.3 Å². The molecular formula is C15H15F2NOS2. The number of carbonyl (C=O) groups is 1. The maximum atomic E-state index is 12.6. The van der Waals surface area contributed by atoms with Crippen molar-refractivity contribution in [1.29, 1.82) is 0 Å². The van der Waals surface area contributed by atoms with E-state index in [4.69, 9.17) is 0 Å². The van der Waals surface area contributed by atoms with Gasteiger partial charge in [-0.05, 0) is 46.8 Å². The van der Waals surface area contributed by atoms with Gasteiger partial charge in [0, 0.05) is 10.4 Å². The van der Waals surface area contributed by atoms with Gasteiger partial charge in [-0.3, -0.25) is 4.79 Å². The van der Waals surface area contributed by atoms with Crippen molar-refractivity contribution in [3.05, 3.63) is 56.9 Å². The number of thiophene rings is 2. The van der Waals surface area contributed by atoms with Gasteiger partial charge in [-0.25, -0.2) is 8.78 Å². The molecule has 2 aromatic heterocycles. The van der Waals surface area contributed by atoms with Gasteiger partial charge < -0.3 is 4.90 Å². The summed E-state index contributed by atoms with van der Waals surface area (Å²) < 4.78 is 25.3. The molecule has 0 aliphatic rings. The summed E-state index contributed by atoms with van der Waals surface area (Å²) >= 11 is 2.80. The van der Waals surface area contributed by atoms with E-state index in [2.05, 4.69) is 6.58 Å². The standard InChI is InChI=1S/C15H15F2NOS2/c1-3-14(19)18(10(2)11-4-5-20-8-11)7-13-6-12(9-21-13)15(16)17/h3-6,8-10,15H,1,7H2,2H3/t10-/m1/s1. The monoisotopic (exact) mass is 327 g/mol. The largest absolute Gasteiger partial charge is 0.327 e. The summed E-state index contributed by atoms with van der Waals surface area (Å²) in [6.45, 7) is 5.74. The van der Waals surface area contributed by atoms with Gasteiger partial charge in [0.2, 0.25) is 5.91 Å². The highest BCUT2D eigenvalue weighted by Gasteiger charge is 2.21. The van der Waals surface area contributed by atoms with Gasteiger partial charge >= 0.3 is 0 Å².